The fourth-order valence-electron chi connectivity index (χ4n) is 2.16. The number of hydrogen-bond donors (Lipinski definition) is 2. The zero-order valence-electron chi connectivity index (χ0n) is 9.72. The lowest BCUT2D eigenvalue weighted by Crippen LogP contribution is -2.25. The number of aliphatic hydroxyl groups excluding tert-OH is 1. The van der Waals surface area contributed by atoms with E-state index in [1.807, 2.05) is 24.5 Å². The van der Waals surface area contributed by atoms with Crippen molar-refractivity contribution in [1.29, 1.82) is 0 Å². The SMILES string of the molecule is CSc1cccc(N2CCC(O)C2)c1C(N)=S. The van der Waals surface area contributed by atoms with E-state index in [4.69, 9.17) is 18.0 Å². The Labute approximate surface area is 111 Å². The highest BCUT2D eigenvalue weighted by molar-refractivity contribution is 7.98. The molecule has 1 heterocycles. The van der Waals surface area contributed by atoms with Gasteiger partial charge in [0.25, 0.3) is 0 Å². The molecule has 0 saturated carbocycles. The van der Waals surface area contributed by atoms with Crippen LogP contribution in [-0.4, -0.2) is 35.5 Å². The van der Waals surface area contributed by atoms with Gasteiger partial charge in [-0.2, -0.15) is 0 Å². The van der Waals surface area contributed by atoms with E-state index in [1.54, 1.807) is 11.8 Å². The van der Waals surface area contributed by atoms with Gasteiger partial charge in [-0.25, -0.2) is 0 Å². The van der Waals surface area contributed by atoms with E-state index in [0.29, 0.717) is 11.5 Å². The van der Waals surface area contributed by atoms with E-state index in [2.05, 4.69) is 4.90 Å². The number of β-amino-alcohol motifs (C(OH)–C–C–N with tert-alkyl or cyclic N) is 1. The Kier molecular flexibility index (Phi) is 3.91. The number of aliphatic hydroxyl groups is 1. The maximum Gasteiger partial charge on any atom is 0.107 e. The zero-order chi connectivity index (χ0) is 12.4. The molecule has 1 unspecified atom stereocenters. The van der Waals surface area contributed by atoms with Gasteiger partial charge in [-0.15, -0.1) is 11.8 Å². The van der Waals surface area contributed by atoms with Crippen molar-refractivity contribution in [3.8, 4) is 0 Å². The average Bonchev–Trinajstić information content (AvgIpc) is 2.74. The molecule has 3 N–H and O–H groups in total. The zero-order valence-corrected chi connectivity index (χ0v) is 11.4. The van der Waals surface area contributed by atoms with Gasteiger partial charge in [-0.1, -0.05) is 18.3 Å². The molecule has 1 atom stereocenters. The Morgan fingerprint density at radius 3 is 2.88 bits per heavy atom. The summed E-state index contributed by atoms with van der Waals surface area (Å²) in [4.78, 5) is 3.67. The predicted molar refractivity (Wildman–Crippen MR) is 76.9 cm³/mol. The lowest BCUT2D eigenvalue weighted by Gasteiger charge is -2.22. The molecule has 17 heavy (non-hydrogen) atoms. The summed E-state index contributed by atoms with van der Waals surface area (Å²) in [5.41, 5.74) is 7.80. The third-order valence-corrected chi connectivity index (χ3v) is 3.96. The minimum absolute atomic E-state index is 0.243. The molecule has 92 valence electrons. The number of rotatable bonds is 3. The lowest BCUT2D eigenvalue weighted by atomic mass is 10.1. The van der Waals surface area contributed by atoms with Gasteiger partial charge in [0, 0.05) is 29.2 Å². The van der Waals surface area contributed by atoms with Crippen LogP contribution in [0.2, 0.25) is 0 Å². The number of hydrogen-bond acceptors (Lipinski definition) is 4. The van der Waals surface area contributed by atoms with E-state index < -0.39 is 0 Å². The number of nitrogens with zero attached hydrogens (tertiary/aromatic N) is 1. The van der Waals surface area contributed by atoms with Crippen molar-refractivity contribution < 1.29 is 5.11 Å². The summed E-state index contributed by atoms with van der Waals surface area (Å²) in [5.74, 6) is 0. The summed E-state index contributed by atoms with van der Waals surface area (Å²) in [6.07, 6.45) is 2.58. The second kappa shape index (κ2) is 5.25. The molecule has 0 bridgehead atoms. The van der Waals surface area contributed by atoms with Crippen LogP contribution < -0.4 is 10.6 Å². The van der Waals surface area contributed by atoms with Crippen LogP contribution in [0.4, 0.5) is 5.69 Å². The van der Waals surface area contributed by atoms with Gasteiger partial charge in [0.15, 0.2) is 0 Å². The van der Waals surface area contributed by atoms with Gasteiger partial charge in [0.2, 0.25) is 0 Å². The van der Waals surface area contributed by atoms with Gasteiger partial charge in [-0.3, -0.25) is 0 Å². The van der Waals surface area contributed by atoms with Crippen LogP contribution in [-0.2, 0) is 0 Å². The molecule has 1 aromatic rings. The van der Waals surface area contributed by atoms with Crippen LogP contribution in [0.1, 0.15) is 12.0 Å². The molecule has 3 nitrogen and oxygen atoms in total. The fourth-order valence-corrected chi connectivity index (χ4v) is 3.07. The molecule has 1 fully saturated rings. The number of thiocarbonyl (C=S) groups is 1. The van der Waals surface area contributed by atoms with Gasteiger partial charge < -0.3 is 15.7 Å². The highest BCUT2D eigenvalue weighted by Gasteiger charge is 2.23. The fraction of sp³-hybridized carbons (Fsp3) is 0.417. The topological polar surface area (TPSA) is 49.5 Å². The monoisotopic (exact) mass is 268 g/mol. The van der Waals surface area contributed by atoms with Crippen LogP contribution >= 0.6 is 24.0 Å². The molecule has 2 rings (SSSR count). The van der Waals surface area contributed by atoms with Crippen LogP contribution in [0.25, 0.3) is 0 Å². The van der Waals surface area contributed by atoms with Gasteiger partial charge >= 0.3 is 0 Å². The molecule has 1 aromatic carbocycles. The van der Waals surface area contributed by atoms with Crippen molar-refractivity contribution in [3.63, 3.8) is 0 Å². The molecule has 0 aromatic heterocycles. The molecule has 1 aliphatic heterocycles. The maximum atomic E-state index is 9.61. The Morgan fingerprint density at radius 2 is 2.35 bits per heavy atom. The molecule has 0 spiro atoms. The molecule has 5 heteroatoms. The highest BCUT2D eigenvalue weighted by Crippen LogP contribution is 2.31. The molecule has 1 aliphatic rings. The van der Waals surface area contributed by atoms with Crippen LogP contribution in [0, 0.1) is 0 Å². The maximum absolute atomic E-state index is 9.61. The summed E-state index contributed by atoms with van der Waals surface area (Å²) < 4.78 is 0. The molecular formula is C12H16N2OS2. The third kappa shape index (κ3) is 2.56. The largest absolute Gasteiger partial charge is 0.391 e. The molecule has 0 radical (unpaired) electrons. The van der Waals surface area contributed by atoms with Crippen LogP contribution in [0.5, 0.6) is 0 Å². The van der Waals surface area contributed by atoms with Crippen molar-refractivity contribution in [2.24, 2.45) is 5.73 Å². The van der Waals surface area contributed by atoms with E-state index in [9.17, 15) is 5.11 Å². The number of benzene rings is 1. The normalized spacial score (nSPS) is 19.6. The van der Waals surface area contributed by atoms with Crippen molar-refractivity contribution in [1.82, 2.24) is 0 Å². The van der Waals surface area contributed by atoms with E-state index in [-0.39, 0.29) is 6.10 Å². The second-order valence-corrected chi connectivity index (χ2v) is 5.40. The molecule has 1 saturated heterocycles. The van der Waals surface area contributed by atoms with Crippen molar-refractivity contribution in [3.05, 3.63) is 23.8 Å². The predicted octanol–water partition coefficient (Wildman–Crippen LogP) is 1.61. The summed E-state index contributed by atoms with van der Waals surface area (Å²) in [6.45, 7) is 1.52. The molecular weight excluding hydrogens is 252 g/mol. The Bertz CT molecular complexity index is 437. The second-order valence-electron chi connectivity index (χ2n) is 4.11. The van der Waals surface area contributed by atoms with Crippen LogP contribution in [0.15, 0.2) is 23.1 Å². The Morgan fingerprint density at radius 1 is 1.59 bits per heavy atom. The first-order valence-corrected chi connectivity index (χ1v) is 7.16. The number of thioether (sulfide) groups is 1. The summed E-state index contributed by atoms with van der Waals surface area (Å²) in [5, 5.41) is 9.61. The number of nitrogens with two attached hydrogens (primary N) is 1. The third-order valence-electron chi connectivity index (χ3n) is 2.97. The highest BCUT2D eigenvalue weighted by atomic mass is 32.2. The van der Waals surface area contributed by atoms with Gasteiger partial charge in [-0.05, 0) is 24.8 Å². The standard InChI is InChI=1S/C12H16N2OS2/c1-17-10-4-2-3-9(11(10)12(13)16)14-6-5-8(15)7-14/h2-4,8,15H,5-7H2,1H3,(H2,13,16). The van der Waals surface area contributed by atoms with Gasteiger partial charge in [0.1, 0.15) is 4.99 Å². The first-order chi connectivity index (χ1) is 8.13. The van der Waals surface area contributed by atoms with E-state index in [0.717, 1.165) is 29.1 Å². The van der Waals surface area contributed by atoms with Crippen molar-refractivity contribution >= 4 is 34.7 Å². The van der Waals surface area contributed by atoms with Gasteiger partial charge in [0.05, 0.1) is 6.10 Å². The Balaban J connectivity index is 2.42. The first kappa shape index (κ1) is 12.7. The van der Waals surface area contributed by atoms with Crippen LogP contribution in [0.3, 0.4) is 0 Å². The average molecular weight is 268 g/mol. The molecule has 0 amide bonds. The first-order valence-electron chi connectivity index (χ1n) is 5.53. The van der Waals surface area contributed by atoms with Crippen molar-refractivity contribution in [2.75, 3.05) is 24.2 Å². The minimum Gasteiger partial charge on any atom is -0.391 e. The summed E-state index contributed by atoms with van der Waals surface area (Å²) in [7, 11) is 0. The van der Waals surface area contributed by atoms with Crippen molar-refractivity contribution in [2.45, 2.75) is 17.4 Å². The summed E-state index contributed by atoms with van der Waals surface area (Å²) in [6, 6.07) is 6.05. The lowest BCUT2D eigenvalue weighted by molar-refractivity contribution is 0.198. The summed E-state index contributed by atoms with van der Waals surface area (Å²) >= 11 is 6.78. The number of anilines is 1. The van der Waals surface area contributed by atoms with E-state index in [1.165, 1.54) is 0 Å². The van der Waals surface area contributed by atoms with E-state index >= 15 is 0 Å². The quantitative estimate of drug-likeness (QED) is 0.644. The Hall–Kier alpha value is -0.780. The molecule has 0 aliphatic carbocycles. The minimum atomic E-state index is -0.243. The smallest absolute Gasteiger partial charge is 0.107 e.